The number of benzene rings is 1. The van der Waals surface area contributed by atoms with E-state index in [0.29, 0.717) is 31.7 Å². The summed E-state index contributed by atoms with van der Waals surface area (Å²) in [6, 6.07) is 5.80. The van der Waals surface area contributed by atoms with Gasteiger partial charge in [0.25, 0.3) is 0 Å². The minimum atomic E-state index is -0.286. The first-order chi connectivity index (χ1) is 9.67. The van der Waals surface area contributed by atoms with Crippen LogP contribution in [0.15, 0.2) is 18.2 Å². The van der Waals surface area contributed by atoms with Gasteiger partial charge < -0.3 is 15.0 Å². The highest BCUT2D eigenvalue weighted by Gasteiger charge is 2.13. The van der Waals surface area contributed by atoms with Gasteiger partial charge in [-0.05, 0) is 18.6 Å². The van der Waals surface area contributed by atoms with Gasteiger partial charge in [-0.15, -0.1) is 11.6 Å². The summed E-state index contributed by atoms with van der Waals surface area (Å²) in [6.07, 6.45) is 1.73. The Kier molecular flexibility index (Phi) is 4.84. The van der Waals surface area contributed by atoms with Crippen molar-refractivity contribution in [1.29, 1.82) is 0 Å². The number of alkyl halides is 1. The number of nitrogens with two attached hydrogens (primary N) is 1. The number of primary amides is 1. The number of carbonyl (C=O) groups excluding carboxylic acids is 1. The Morgan fingerprint density at radius 2 is 2.30 bits per heavy atom. The summed E-state index contributed by atoms with van der Waals surface area (Å²) in [6.45, 7) is 0.693. The third kappa shape index (κ3) is 3.04. The third-order valence-electron chi connectivity index (χ3n) is 3.16. The molecule has 0 saturated heterocycles. The summed E-state index contributed by atoms with van der Waals surface area (Å²) in [7, 11) is 1.63. The topological polar surface area (TPSA) is 70.1 Å². The molecular weight excluding hydrogens is 278 g/mol. The molecule has 6 heteroatoms. The number of fused-ring (bicyclic) bond motifs is 1. The number of carbonyl (C=O) groups is 1. The lowest BCUT2D eigenvalue weighted by atomic mass is 10.2. The molecular formula is C14H18ClN3O2. The molecule has 0 fully saturated rings. The molecule has 2 rings (SSSR count). The van der Waals surface area contributed by atoms with E-state index in [4.69, 9.17) is 22.1 Å². The van der Waals surface area contributed by atoms with Crippen molar-refractivity contribution in [3.63, 3.8) is 0 Å². The van der Waals surface area contributed by atoms with E-state index in [1.807, 2.05) is 18.2 Å². The number of nitrogens with zero attached hydrogens (tertiary/aromatic N) is 2. The molecule has 2 N–H and O–H groups in total. The van der Waals surface area contributed by atoms with Gasteiger partial charge in [-0.2, -0.15) is 0 Å². The highest BCUT2D eigenvalue weighted by Crippen LogP contribution is 2.26. The lowest BCUT2D eigenvalue weighted by molar-refractivity contribution is -0.118. The number of imidazole rings is 1. The number of aromatic nitrogens is 2. The Hall–Kier alpha value is -1.75. The van der Waals surface area contributed by atoms with E-state index in [2.05, 4.69) is 9.55 Å². The first kappa shape index (κ1) is 14.7. The zero-order chi connectivity index (χ0) is 14.5. The van der Waals surface area contributed by atoms with Crippen LogP contribution in [0.4, 0.5) is 0 Å². The molecule has 0 aliphatic heterocycles. The van der Waals surface area contributed by atoms with Crippen LogP contribution in [0.5, 0.6) is 5.75 Å². The van der Waals surface area contributed by atoms with Gasteiger partial charge in [-0.25, -0.2) is 4.98 Å². The van der Waals surface area contributed by atoms with Crippen molar-refractivity contribution in [2.24, 2.45) is 5.73 Å². The maximum atomic E-state index is 10.9. The monoisotopic (exact) mass is 295 g/mol. The largest absolute Gasteiger partial charge is 0.494 e. The molecule has 20 heavy (non-hydrogen) atoms. The Balaban J connectivity index is 2.38. The highest BCUT2D eigenvalue weighted by atomic mass is 35.5. The maximum Gasteiger partial charge on any atom is 0.217 e. The third-order valence-corrected chi connectivity index (χ3v) is 3.35. The van der Waals surface area contributed by atoms with Crippen molar-refractivity contribution in [1.82, 2.24) is 9.55 Å². The fraction of sp³-hybridized carbons (Fsp3) is 0.429. The number of hydrogen-bond donors (Lipinski definition) is 1. The number of aryl methyl sites for hydroxylation is 2. The quantitative estimate of drug-likeness (QED) is 0.795. The van der Waals surface area contributed by atoms with Gasteiger partial charge in [0.2, 0.25) is 5.91 Å². The van der Waals surface area contributed by atoms with Crippen LogP contribution in [-0.4, -0.2) is 28.4 Å². The summed E-state index contributed by atoms with van der Waals surface area (Å²) in [5.41, 5.74) is 7.00. The number of methoxy groups -OCH3 is 1. The molecule has 1 heterocycles. The van der Waals surface area contributed by atoms with Gasteiger partial charge in [0.1, 0.15) is 17.1 Å². The summed E-state index contributed by atoms with van der Waals surface area (Å²) in [4.78, 5) is 15.5. The number of halogens is 1. The molecule has 108 valence electrons. The van der Waals surface area contributed by atoms with Crippen molar-refractivity contribution in [3.8, 4) is 5.75 Å². The Labute approximate surface area is 122 Å². The van der Waals surface area contributed by atoms with Crippen molar-refractivity contribution < 1.29 is 9.53 Å². The van der Waals surface area contributed by atoms with Gasteiger partial charge >= 0.3 is 0 Å². The van der Waals surface area contributed by atoms with Crippen molar-refractivity contribution in [3.05, 3.63) is 24.0 Å². The predicted octanol–water partition coefficient (Wildman–Crippen LogP) is 2.09. The smallest absolute Gasteiger partial charge is 0.217 e. The van der Waals surface area contributed by atoms with Crippen LogP contribution in [0.25, 0.3) is 11.0 Å². The predicted molar refractivity (Wildman–Crippen MR) is 79.1 cm³/mol. The van der Waals surface area contributed by atoms with E-state index in [-0.39, 0.29) is 5.91 Å². The zero-order valence-electron chi connectivity index (χ0n) is 11.4. The summed E-state index contributed by atoms with van der Waals surface area (Å²) in [5.74, 6) is 1.86. The number of para-hydroxylation sites is 1. The first-order valence-corrected chi connectivity index (χ1v) is 7.07. The van der Waals surface area contributed by atoms with E-state index < -0.39 is 0 Å². The Bertz CT molecular complexity index is 610. The molecule has 0 saturated carbocycles. The van der Waals surface area contributed by atoms with Gasteiger partial charge in [0.05, 0.1) is 12.6 Å². The first-order valence-electron chi connectivity index (χ1n) is 6.53. The minimum absolute atomic E-state index is 0.286. The van der Waals surface area contributed by atoms with E-state index in [1.165, 1.54) is 0 Å². The Morgan fingerprint density at radius 1 is 1.50 bits per heavy atom. The Morgan fingerprint density at radius 3 is 2.95 bits per heavy atom. The maximum absolute atomic E-state index is 10.9. The average molecular weight is 296 g/mol. The second-order valence-electron chi connectivity index (χ2n) is 4.52. The molecule has 0 atom stereocenters. The number of ether oxygens (including phenoxy) is 1. The molecule has 1 aromatic heterocycles. The van der Waals surface area contributed by atoms with Crippen LogP contribution < -0.4 is 10.5 Å². The molecule has 0 spiro atoms. The zero-order valence-corrected chi connectivity index (χ0v) is 12.2. The summed E-state index contributed by atoms with van der Waals surface area (Å²) < 4.78 is 7.42. The van der Waals surface area contributed by atoms with Gasteiger partial charge in [0, 0.05) is 25.3 Å². The van der Waals surface area contributed by atoms with Crippen LogP contribution in [0.1, 0.15) is 18.7 Å². The van der Waals surface area contributed by atoms with Gasteiger partial charge in [-0.1, -0.05) is 6.07 Å². The molecule has 0 bridgehead atoms. The van der Waals surface area contributed by atoms with Crippen LogP contribution in [0.2, 0.25) is 0 Å². The van der Waals surface area contributed by atoms with E-state index in [1.54, 1.807) is 7.11 Å². The number of rotatable bonds is 7. The normalized spacial score (nSPS) is 10.9. The van der Waals surface area contributed by atoms with Gasteiger partial charge in [-0.3, -0.25) is 4.79 Å². The highest BCUT2D eigenvalue weighted by molar-refractivity contribution is 6.17. The molecule has 2 aromatic rings. The van der Waals surface area contributed by atoms with E-state index >= 15 is 0 Å². The van der Waals surface area contributed by atoms with Crippen LogP contribution in [0, 0.1) is 0 Å². The molecule has 1 aromatic carbocycles. The second-order valence-corrected chi connectivity index (χ2v) is 4.89. The number of hydrogen-bond acceptors (Lipinski definition) is 3. The van der Waals surface area contributed by atoms with E-state index in [0.717, 1.165) is 22.6 Å². The van der Waals surface area contributed by atoms with Crippen molar-refractivity contribution in [2.75, 3.05) is 13.0 Å². The lowest BCUT2D eigenvalue weighted by Gasteiger charge is -2.08. The van der Waals surface area contributed by atoms with Crippen molar-refractivity contribution in [2.45, 2.75) is 25.8 Å². The summed E-state index contributed by atoms with van der Waals surface area (Å²) in [5, 5.41) is 0. The van der Waals surface area contributed by atoms with Crippen molar-refractivity contribution >= 4 is 28.5 Å². The van der Waals surface area contributed by atoms with Gasteiger partial charge in [0.15, 0.2) is 0 Å². The van der Waals surface area contributed by atoms with Crippen LogP contribution >= 0.6 is 11.6 Å². The standard InChI is InChI=1S/C14H18ClN3O2/c1-20-11-5-2-4-10-14(11)17-13(7-8-15)18(10)9-3-6-12(16)19/h2,4-5H,3,6-9H2,1H3,(H2,16,19). The molecule has 5 nitrogen and oxygen atoms in total. The minimum Gasteiger partial charge on any atom is -0.494 e. The number of amides is 1. The van der Waals surface area contributed by atoms with Crippen LogP contribution in [0.3, 0.4) is 0 Å². The molecule has 0 radical (unpaired) electrons. The van der Waals surface area contributed by atoms with E-state index in [9.17, 15) is 4.79 Å². The fourth-order valence-electron chi connectivity index (χ4n) is 2.27. The molecule has 0 aliphatic carbocycles. The molecule has 1 amide bonds. The average Bonchev–Trinajstić information content (AvgIpc) is 2.77. The fourth-order valence-corrected chi connectivity index (χ4v) is 2.44. The molecule has 0 unspecified atom stereocenters. The van der Waals surface area contributed by atoms with Crippen LogP contribution in [-0.2, 0) is 17.8 Å². The lowest BCUT2D eigenvalue weighted by Crippen LogP contribution is -2.12. The molecule has 0 aliphatic rings. The second kappa shape index (κ2) is 6.61. The summed E-state index contributed by atoms with van der Waals surface area (Å²) >= 11 is 5.84. The SMILES string of the molecule is COc1cccc2c1nc(CCCl)n2CCCC(N)=O.